The molecule has 1 aliphatic carbocycles. The highest BCUT2D eigenvalue weighted by molar-refractivity contribution is 5.93. The van der Waals surface area contributed by atoms with Crippen LogP contribution < -0.4 is 0 Å². The molecule has 6 nitrogen and oxygen atoms in total. The fourth-order valence-electron chi connectivity index (χ4n) is 6.83. The molecule has 1 spiro atoms. The lowest BCUT2D eigenvalue weighted by Gasteiger charge is -2.58. The minimum absolute atomic E-state index is 0.0867. The van der Waals surface area contributed by atoms with Gasteiger partial charge in [-0.1, -0.05) is 24.3 Å². The molecule has 1 aromatic carbocycles. The molecule has 2 bridgehead atoms. The number of carbonyl (C=O) groups is 1. The molecule has 1 amide bonds. The van der Waals surface area contributed by atoms with E-state index in [0.717, 1.165) is 32.1 Å². The van der Waals surface area contributed by atoms with Gasteiger partial charge in [0.15, 0.2) is 0 Å². The summed E-state index contributed by atoms with van der Waals surface area (Å²) < 4.78 is 7.91. The monoisotopic (exact) mass is 421 g/mol. The van der Waals surface area contributed by atoms with E-state index in [0.29, 0.717) is 6.54 Å². The van der Waals surface area contributed by atoms with Crippen LogP contribution in [-0.4, -0.2) is 50.8 Å². The molecule has 4 unspecified atom stereocenters. The Kier molecular flexibility index (Phi) is 3.96. The quantitative estimate of drug-likeness (QED) is 0.741. The van der Waals surface area contributed by atoms with E-state index in [1.807, 2.05) is 32.0 Å². The van der Waals surface area contributed by atoms with Gasteiger partial charge >= 0.3 is 6.09 Å². The van der Waals surface area contributed by atoms with Gasteiger partial charge < -0.3 is 19.3 Å². The van der Waals surface area contributed by atoms with Crippen molar-refractivity contribution in [2.75, 3.05) is 0 Å². The number of aliphatic imine (C=N–C) groups is 1. The average molecular weight is 422 g/mol. The number of aliphatic hydroxyl groups is 1. The number of aromatic nitrogens is 1. The third kappa shape index (κ3) is 2.73. The van der Waals surface area contributed by atoms with Crippen LogP contribution in [0.2, 0.25) is 0 Å². The van der Waals surface area contributed by atoms with E-state index in [9.17, 15) is 9.90 Å². The molecule has 2 aromatic rings. The summed E-state index contributed by atoms with van der Waals surface area (Å²) in [6.07, 6.45) is 6.11. The fraction of sp³-hybridized carbons (Fsp3) is 0.600. The van der Waals surface area contributed by atoms with Crippen molar-refractivity contribution in [2.45, 2.75) is 89.1 Å². The lowest BCUT2D eigenvalue weighted by Crippen LogP contribution is -2.61. The predicted molar refractivity (Wildman–Crippen MR) is 119 cm³/mol. The van der Waals surface area contributed by atoms with E-state index in [1.54, 1.807) is 0 Å². The van der Waals surface area contributed by atoms with Gasteiger partial charge in [0.2, 0.25) is 0 Å². The van der Waals surface area contributed by atoms with Crippen LogP contribution >= 0.6 is 0 Å². The first-order chi connectivity index (χ1) is 14.8. The molecular formula is C25H31N3O3. The van der Waals surface area contributed by atoms with Crippen molar-refractivity contribution in [1.29, 1.82) is 0 Å². The maximum absolute atomic E-state index is 12.8. The summed E-state index contributed by atoms with van der Waals surface area (Å²) in [5.41, 5.74) is 1.88. The Hall–Kier alpha value is -2.34. The van der Waals surface area contributed by atoms with Crippen molar-refractivity contribution in [3.8, 4) is 0 Å². The first kappa shape index (κ1) is 19.4. The lowest BCUT2D eigenvalue weighted by molar-refractivity contribution is -0.134. The molecule has 31 heavy (non-hydrogen) atoms. The van der Waals surface area contributed by atoms with Gasteiger partial charge in [-0.2, -0.15) is 0 Å². The fourth-order valence-corrected chi connectivity index (χ4v) is 6.83. The zero-order valence-corrected chi connectivity index (χ0v) is 18.5. The van der Waals surface area contributed by atoms with Gasteiger partial charge in [0.25, 0.3) is 0 Å². The molecule has 4 atom stereocenters. The molecule has 2 saturated heterocycles. The summed E-state index contributed by atoms with van der Waals surface area (Å²) in [6.45, 7) is 6.47. The highest BCUT2D eigenvalue weighted by Gasteiger charge is 2.61. The lowest BCUT2D eigenvalue weighted by atomic mass is 9.53. The second-order valence-corrected chi connectivity index (χ2v) is 11.0. The number of hydrogen-bond donors (Lipinski definition) is 1. The summed E-state index contributed by atoms with van der Waals surface area (Å²) >= 11 is 0. The second kappa shape index (κ2) is 6.35. The molecular weight excluding hydrogens is 390 g/mol. The van der Waals surface area contributed by atoms with E-state index >= 15 is 0 Å². The van der Waals surface area contributed by atoms with Gasteiger partial charge in [0.05, 0.1) is 24.7 Å². The molecule has 164 valence electrons. The number of rotatable bonds is 1. The second-order valence-electron chi connectivity index (χ2n) is 11.0. The zero-order valence-electron chi connectivity index (χ0n) is 18.5. The SMILES string of the molecule is CC(C)(C)OC(=O)N1C2CCC1CC1(CC(c3c4ccccc4c4n3C=NC4)C1O)C2. The van der Waals surface area contributed by atoms with Crippen molar-refractivity contribution in [2.24, 2.45) is 10.4 Å². The first-order valence-corrected chi connectivity index (χ1v) is 11.6. The predicted octanol–water partition coefficient (Wildman–Crippen LogP) is 4.43. The number of fused-ring (bicyclic) bond motifs is 5. The molecule has 4 heterocycles. The van der Waals surface area contributed by atoms with E-state index in [2.05, 4.69) is 33.8 Å². The van der Waals surface area contributed by atoms with Gasteiger partial charge in [-0.3, -0.25) is 4.99 Å². The highest BCUT2D eigenvalue weighted by Crippen LogP contribution is 2.62. The molecule has 1 aromatic heterocycles. The Morgan fingerprint density at radius 2 is 1.81 bits per heavy atom. The summed E-state index contributed by atoms with van der Waals surface area (Å²) in [6, 6.07) is 8.87. The molecule has 1 N–H and O–H groups in total. The van der Waals surface area contributed by atoms with Crippen LogP contribution in [0.1, 0.15) is 70.2 Å². The highest BCUT2D eigenvalue weighted by atomic mass is 16.6. The molecule has 0 radical (unpaired) electrons. The van der Waals surface area contributed by atoms with Crippen LogP contribution in [-0.2, 0) is 11.3 Å². The number of piperidine rings is 1. The van der Waals surface area contributed by atoms with Crippen LogP contribution in [0.5, 0.6) is 0 Å². The average Bonchev–Trinajstić information content (AvgIpc) is 3.37. The van der Waals surface area contributed by atoms with Gasteiger partial charge in [-0.15, -0.1) is 0 Å². The summed E-state index contributed by atoms with van der Waals surface area (Å²) in [5.74, 6) is 0.121. The van der Waals surface area contributed by atoms with Crippen LogP contribution in [0, 0.1) is 5.41 Å². The molecule has 3 fully saturated rings. The standard InChI is InChI=1S/C25H31N3O3/c1-24(2,3)31-23(30)28-15-8-9-16(28)11-25(10-15)12-19(22(25)29)21-18-7-5-4-6-17(18)20-13-26-14-27(20)21/h4-7,14-16,19,22,29H,8-13H2,1-3H3. The minimum atomic E-state index is -0.481. The van der Waals surface area contributed by atoms with Crippen molar-refractivity contribution in [3.63, 3.8) is 0 Å². The van der Waals surface area contributed by atoms with E-state index in [4.69, 9.17) is 4.74 Å². The maximum Gasteiger partial charge on any atom is 0.410 e. The van der Waals surface area contributed by atoms with Crippen LogP contribution in [0.25, 0.3) is 10.8 Å². The van der Waals surface area contributed by atoms with E-state index in [-0.39, 0.29) is 35.6 Å². The smallest absolute Gasteiger partial charge is 0.410 e. The number of nitrogens with zero attached hydrogens (tertiary/aromatic N) is 3. The normalized spacial score (nSPS) is 33.7. The van der Waals surface area contributed by atoms with E-state index < -0.39 is 5.60 Å². The Balaban J connectivity index is 1.26. The Morgan fingerprint density at radius 1 is 1.13 bits per heavy atom. The van der Waals surface area contributed by atoms with Gasteiger partial charge in [-0.25, -0.2) is 4.79 Å². The van der Waals surface area contributed by atoms with Gasteiger partial charge in [0.1, 0.15) is 5.60 Å². The molecule has 6 rings (SSSR count). The molecule has 6 heteroatoms. The van der Waals surface area contributed by atoms with Crippen molar-refractivity contribution < 1.29 is 14.6 Å². The van der Waals surface area contributed by atoms with Crippen LogP contribution in [0.3, 0.4) is 0 Å². The van der Waals surface area contributed by atoms with Crippen molar-refractivity contribution >= 4 is 23.2 Å². The van der Waals surface area contributed by atoms with Gasteiger partial charge in [0, 0.05) is 39.9 Å². The number of aliphatic hydroxyl groups excluding tert-OH is 1. The third-order valence-corrected chi connectivity index (χ3v) is 8.00. The van der Waals surface area contributed by atoms with Crippen LogP contribution in [0.15, 0.2) is 29.3 Å². The van der Waals surface area contributed by atoms with Crippen LogP contribution in [0.4, 0.5) is 4.79 Å². The molecule has 3 aliphatic heterocycles. The van der Waals surface area contributed by atoms with Crippen molar-refractivity contribution in [1.82, 2.24) is 9.47 Å². The summed E-state index contributed by atoms with van der Waals surface area (Å²) in [4.78, 5) is 19.3. The maximum atomic E-state index is 12.8. The number of hydrogen-bond acceptors (Lipinski definition) is 4. The Labute approximate surface area is 182 Å². The Morgan fingerprint density at radius 3 is 2.45 bits per heavy atom. The van der Waals surface area contributed by atoms with Gasteiger partial charge in [-0.05, 0) is 52.9 Å². The third-order valence-electron chi connectivity index (χ3n) is 8.00. The zero-order chi connectivity index (χ0) is 21.5. The van der Waals surface area contributed by atoms with E-state index in [1.165, 1.54) is 22.2 Å². The number of benzene rings is 1. The number of ether oxygens (including phenoxy) is 1. The topological polar surface area (TPSA) is 67.1 Å². The molecule has 4 aliphatic rings. The van der Waals surface area contributed by atoms with Crippen molar-refractivity contribution in [3.05, 3.63) is 35.7 Å². The largest absolute Gasteiger partial charge is 0.444 e. The number of amides is 1. The Bertz CT molecular complexity index is 1080. The molecule has 1 saturated carbocycles. The summed E-state index contributed by atoms with van der Waals surface area (Å²) in [7, 11) is 0. The first-order valence-electron chi connectivity index (χ1n) is 11.6. The minimum Gasteiger partial charge on any atom is -0.444 e. The summed E-state index contributed by atoms with van der Waals surface area (Å²) in [5, 5.41) is 14.0. The number of carbonyl (C=O) groups excluding carboxylic acids is 1.